The van der Waals surface area contributed by atoms with Gasteiger partial charge in [-0.2, -0.15) is 10.2 Å². The van der Waals surface area contributed by atoms with Crippen molar-refractivity contribution in [1.29, 1.82) is 0 Å². The maximum Gasteiger partial charge on any atom is 0.287 e. The van der Waals surface area contributed by atoms with E-state index in [1.165, 1.54) is 16.2 Å². The van der Waals surface area contributed by atoms with Crippen LogP contribution in [0, 0.1) is 6.92 Å². The van der Waals surface area contributed by atoms with Gasteiger partial charge in [0.1, 0.15) is 5.69 Å². The molecule has 1 amide bonds. The Bertz CT molecular complexity index is 1590. The van der Waals surface area contributed by atoms with E-state index in [0.29, 0.717) is 34.2 Å². The Kier molecular flexibility index (Phi) is 6.34. The number of thiophene rings is 1. The number of benzene rings is 1. The number of aliphatic hydroxyl groups excluding tert-OH is 1. The Morgan fingerprint density at radius 3 is 2.95 bits per heavy atom. The molecule has 6 rings (SSSR count). The highest BCUT2D eigenvalue weighted by atomic mass is 32.1. The van der Waals surface area contributed by atoms with E-state index in [4.69, 9.17) is 0 Å². The van der Waals surface area contributed by atoms with Gasteiger partial charge < -0.3 is 15.7 Å². The second kappa shape index (κ2) is 9.82. The number of carbonyl (C=O) groups excluding carboxylic acids is 1. The van der Waals surface area contributed by atoms with E-state index in [0.717, 1.165) is 54.9 Å². The highest BCUT2D eigenvalue weighted by Gasteiger charge is 2.22. The first-order valence-corrected chi connectivity index (χ1v) is 13.5. The topological polar surface area (TPSA) is 128 Å². The van der Waals surface area contributed by atoms with Crippen molar-refractivity contribution in [2.45, 2.75) is 45.4 Å². The normalized spacial score (nSPS) is 17.1. The molecule has 1 atom stereocenters. The average molecular weight is 532 g/mol. The fraction of sp³-hybridized carbons (Fsp3) is 0.333. The lowest BCUT2D eigenvalue weighted by molar-refractivity contribution is 0.103. The average Bonchev–Trinajstić information content (AvgIpc) is 3.49. The summed E-state index contributed by atoms with van der Waals surface area (Å²) >= 11 is 1.49. The van der Waals surface area contributed by atoms with Crippen molar-refractivity contribution in [2.75, 3.05) is 24.2 Å². The van der Waals surface area contributed by atoms with Crippen LogP contribution in [-0.4, -0.2) is 55.6 Å². The Morgan fingerprint density at radius 1 is 1.21 bits per heavy atom. The van der Waals surface area contributed by atoms with Gasteiger partial charge in [0.2, 0.25) is 0 Å². The number of carbonyl (C=O) groups is 1. The van der Waals surface area contributed by atoms with Gasteiger partial charge in [0, 0.05) is 35.3 Å². The molecular weight excluding hydrogens is 502 g/mol. The molecular formula is C27H29N7O3S. The molecule has 0 saturated carbocycles. The number of aliphatic hydroxyl groups is 1. The van der Waals surface area contributed by atoms with E-state index in [1.807, 2.05) is 41.9 Å². The zero-order valence-electron chi connectivity index (χ0n) is 21.2. The number of likely N-dealkylation sites (N-methyl/N-ethyl adjacent to an activating group) is 1. The predicted molar refractivity (Wildman–Crippen MR) is 147 cm³/mol. The highest BCUT2D eigenvalue weighted by molar-refractivity contribution is 7.14. The van der Waals surface area contributed by atoms with Gasteiger partial charge in [-0.25, -0.2) is 5.10 Å². The minimum Gasteiger partial charge on any atom is -0.393 e. The van der Waals surface area contributed by atoms with Crippen LogP contribution >= 0.6 is 11.3 Å². The number of aromatic amines is 1. The van der Waals surface area contributed by atoms with Crippen LogP contribution in [0.5, 0.6) is 0 Å². The quantitative estimate of drug-likeness (QED) is 0.311. The summed E-state index contributed by atoms with van der Waals surface area (Å²) in [7, 11) is 2.07. The molecule has 10 nitrogen and oxygen atoms in total. The molecule has 3 aromatic heterocycles. The Balaban J connectivity index is 1.24. The number of anilines is 3. The molecule has 38 heavy (non-hydrogen) atoms. The molecule has 4 aromatic rings. The van der Waals surface area contributed by atoms with Crippen molar-refractivity contribution in [3.8, 4) is 11.3 Å². The molecule has 1 aliphatic carbocycles. The number of nitrogens with one attached hydrogen (secondary N) is 3. The van der Waals surface area contributed by atoms with Crippen LogP contribution < -0.4 is 16.2 Å². The number of aromatic nitrogens is 4. The molecule has 4 heterocycles. The summed E-state index contributed by atoms with van der Waals surface area (Å²) < 4.78 is 1.96. The van der Waals surface area contributed by atoms with Gasteiger partial charge in [-0.05, 0) is 62.6 Å². The van der Waals surface area contributed by atoms with E-state index in [9.17, 15) is 14.7 Å². The molecule has 4 N–H and O–H groups in total. The van der Waals surface area contributed by atoms with Crippen LogP contribution in [0.15, 0.2) is 41.2 Å². The van der Waals surface area contributed by atoms with Gasteiger partial charge in [-0.3, -0.25) is 19.2 Å². The summed E-state index contributed by atoms with van der Waals surface area (Å²) in [6.07, 6.45) is 1.80. The standard InChI is InChI=1S/C27H29N7O3S/c1-15-19(4-3-5-20(15)29-27(37)24-11-16-10-18(35)6-7-23(16)38-24)21-13-22(26(36)31-30-21)28-25-12-17-14-33(2)8-9-34(17)32-25/h3-5,11-13,18,35H,6-10,14H2,1-2H3,(H,29,37)(H,31,36)(H,28,30,32). The fourth-order valence-corrected chi connectivity index (χ4v) is 6.19. The molecule has 11 heteroatoms. The summed E-state index contributed by atoms with van der Waals surface area (Å²) in [6.45, 7) is 4.46. The SMILES string of the molecule is Cc1c(NC(=O)c2cc3c(s2)CCC(O)C3)cccc1-c1cc(Nc2cc3n(n2)CCN(C)C3)c(=O)[nH]n1. The van der Waals surface area contributed by atoms with Gasteiger partial charge in [-0.1, -0.05) is 12.1 Å². The first-order chi connectivity index (χ1) is 18.3. The Labute approximate surface area is 223 Å². The number of hydrogen-bond acceptors (Lipinski definition) is 8. The number of nitrogens with zero attached hydrogens (tertiary/aromatic N) is 4. The van der Waals surface area contributed by atoms with Crippen molar-refractivity contribution >= 4 is 34.4 Å². The maximum absolute atomic E-state index is 13.1. The van der Waals surface area contributed by atoms with Crippen molar-refractivity contribution in [3.63, 3.8) is 0 Å². The van der Waals surface area contributed by atoms with Crippen LogP contribution in [0.25, 0.3) is 11.3 Å². The molecule has 2 aliphatic rings. The van der Waals surface area contributed by atoms with Crippen molar-refractivity contribution in [1.82, 2.24) is 24.9 Å². The molecule has 0 spiro atoms. The van der Waals surface area contributed by atoms with Gasteiger partial charge in [0.05, 0.1) is 28.9 Å². The summed E-state index contributed by atoms with van der Waals surface area (Å²) in [5.74, 6) is 0.437. The van der Waals surface area contributed by atoms with Crippen molar-refractivity contribution in [3.05, 3.63) is 73.3 Å². The van der Waals surface area contributed by atoms with Crippen molar-refractivity contribution in [2.24, 2.45) is 0 Å². The van der Waals surface area contributed by atoms with Gasteiger partial charge in [0.25, 0.3) is 11.5 Å². The number of hydrogen-bond donors (Lipinski definition) is 4. The molecule has 1 aromatic carbocycles. The number of rotatable bonds is 5. The van der Waals surface area contributed by atoms with Gasteiger partial charge in [0.15, 0.2) is 5.82 Å². The molecule has 1 unspecified atom stereocenters. The lowest BCUT2D eigenvalue weighted by Crippen LogP contribution is -2.30. The fourth-order valence-electron chi connectivity index (χ4n) is 5.08. The molecule has 1 aliphatic heterocycles. The lowest BCUT2D eigenvalue weighted by atomic mass is 9.96. The number of amides is 1. The van der Waals surface area contributed by atoms with E-state index < -0.39 is 0 Å². The van der Waals surface area contributed by atoms with E-state index in [-0.39, 0.29) is 17.6 Å². The molecule has 0 bridgehead atoms. The maximum atomic E-state index is 13.1. The minimum atomic E-state index is -0.342. The lowest BCUT2D eigenvalue weighted by Gasteiger charge is -2.22. The van der Waals surface area contributed by atoms with E-state index in [2.05, 4.69) is 37.9 Å². The van der Waals surface area contributed by atoms with Crippen LogP contribution in [0.2, 0.25) is 0 Å². The smallest absolute Gasteiger partial charge is 0.287 e. The van der Waals surface area contributed by atoms with E-state index in [1.54, 1.807) is 6.07 Å². The zero-order chi connectivity index (χ0) is 26.4. The third kappa shape index (κ3) is 4.75. The summed E-state index contributed by atoms with van der Waals surface area (Å²) in [4.78, 5) is 29.7. The van der Waals surface area contributed by atoms with Crippen LogP contribution in [0.1, 0.15) is 37.8 Å². The zero-order valence-corrected chi connectivity index (χ0v) is 22.1. The highest BCUT2D eigenvalue weighted by Crippen LogP contribution is 2.32. The molecule has 0 radical (unpaired) electrons. The predicted octanol–water partition coefficient (Wildman–Crippen LogP) is 3.29. The Hall–Kier alpha value is -3.80. The van der Waals surface area contributed by atoms with E-state index >= 15 is 0 Å². The second-order valence-corrected chi connectivity index (χ2v) is 11.1. The number of aryl methyl sites for hydroxylation is 1. The summed E-state index contributed by atoms with van der Waals surface area (Å²) in [5.41, 5.74) is 5.04. The van der Waals surface area contributed by atoms with Gasteiger partial charge in [-0.15, -0.1) is 11.3 Å². The summed E-state index contributed by atoms with van der Waals surface area (Å²) in [6, 6.07) is 11.2. The molecule has 196 valence electrons. The van der Waals surface area contributed by atoms with Crippen LogP contribution in [0.4, 0.5) is 17.2 Å². The van der Waals surface area contributed by atoms with Crippen LogP contribution in [-0.2, 0) is 25.9 Å². The van der Waals surface area contributed by atoms with Crippen molar-refractivity contribution < 1.29 is 9.90 Å². The Morgan fingerprint density at radius 2 is 2.08 bits per heavy atom. The van der Waals surface area contributed by atoms with Gasteiger partial charge >= 0.3 is 0 Å². The second-order valence-electron chi connectivity index (χ2n) is 9.99. The molecule has 0 fully saturated rings. The van der Waals surface area contributed by atoms with Crippen LogP contribution in [0.3, 0.4) is 0 Å². The largest absolute Gasteiger partial charge is 0.393 e. The summed E-state index contributed by atoms with van der Waals surface area (Å²) in [5, 5.41) is 27.6. The first kappa shape index (κ1) is 24.5. The third-order valence-electron chi connectivity index (χ3n) is 7.19. The number of H-pyrrole nitrogens is 1. The monoisotopic (exact) mass is 531 g/mol. The third-order valence-corrected chi connectivity index (χ3v) is 8.43. The number of fused-ring (bicyclic) bond motifs is 2. The minimum absolute atomic E-state index is 0.176. The first-order valence-electron chi connectivity index (χ1n) is 12.7. The molecule has 0 saturated heterocycles.